The van der Waals surface area contributed by atoms with Crippen molar-refractivity contribution in [2.24, 2.45) is 0 Å². The molecule has 0 bridgehead atoms. The summed E-state index contributed by atoms with van der Waals surface area (Å²) in [6.07, 6.45) is 0. The summed E-state index contributed by atoms with van der Waals surface area (Å²) < 4.78 is 0. The number of hydrogen-bond donors (Lipinski definition) is 0. The lowest BCUT2D eigenvalue weighted by molar-refractivity contribution is 0.0669. The number of carbonyl (C=O) groups excluding carboxylic acids is 1. The second-order valence-corrected chi connectivity index (χ2v) is 5.45. The van der Waals surface area contributed by atoms with E-state index in [9.17, 15) is 4.79 Å². The molecule has 100 valence electrons. The molecule has 18 heavy (non-hydrogen) atoms. The van der Waals surface area contributed by atoms with Crippen LogP contribution in [0.25, 0.3) is 0 Å². The van der Waals surface area contributed by atoms with Crippen LogP contribution in [0, 0.1) is 0 Å². The van der Waals surface area contributed by atoms with Crippen LogP contribution in [0.15, 0.2) is 18.2 Å². The van der Waals surface area contributed by atoms with Gasteiger partial charge in [0, 0.05) is 5.56 Å². The molecule has 0 heterocycles. The molecule has 0 unspecified atom stereocenters. The Bertz CT molecular complexity index is 439. The largest absolute Gasteiger partial charge is 0.292 e. The van der Waals surface area contributed by atoms with Gasteiger partial charge in [0.05, 0.1) is 15.6 Å². The van der Waals surface area contributed by atoms with Crippen molar-refractivity contribution in [3.05, 3.63) is 33.8 Å². The molecule has 4 heteroatoms. The van der Waals surface area contributed by atoms with Gasteiger partial charge >= 0.3 is 0 Å². The van der Waals surface area contributed by atoms with Gasteiger partial charge in [-0.2, -0.15) is 0 Å². The molecule has 0 saturated heterocycles. The Morgan fingerprint density at radius 1 is 1.22 bits per heavy atom. The van der Waals surface area contributed by atoms with E-state index in [1.54, 1.807) is 18.2 Å². The standard InChI is InChI=1S/C14H19Cl2NO/c1-5-17(6-2)14(3,4)13(18)10-8-7-9-11(15)12(10)16/h7-9H,5-6H2,1-4H3. The first-order chi connectivity index (χ1) is 8.36. The fraction of sp³-hybridized carbons (Fsp3) is 0.500. The lowest BCUT2D eigenvalue weighted by atomic mass is 9.91. The van der Waals surface area contributed by atoms with Gasteiger partial charge in [-0.3, -0.25) is 9.69 Å². The Balaban J connectivity index is 3.17. The van der Waals surface area contributed by atoms with Gasteiger partial charge in [0.25, 0.3) is 0 Å². The molecule has 0 aliphatic carbocycles. The molecule has 0 aromatic heterocycles. The molecule has 0 spiro atoms. The molecule has 0 amide bonds. The normalized spacial score (nSPS) is 11.9. The predicted molar refractivity (Wildman–Crippen MR) is 77.8 cm³/mol. The van der Waals surface area contributed by atoms with Crippen LogP contribution in [-0.2, 0) is 0 Å². The molecule has 0 radical (unpaired) electrons. The number of hydrogen-bond acceptors (Lipinski definition) is 2. The highest BCUT2D eigenvalue weighted by atomic mass is 35.5. The Kier molecular flexibility index (Phi) is 5.20. The number of halogens is 2. The molecular weight excluding hydrogens is 269 g/mol. The van der Waals surface area contributed by atoms with Gasteiger partial charge in [0.15, 0.2) is 5.78 Å². The molecule has 0 atom stereocenters. The van der Waals surface area contributed by atoms with E-state index in [0.29, 0.717) is 15.6 Å². The summed E-state index contributed by atoms with van der Waals surface area (Å²) in [6, 6.07) is 5.16. The Morgan fingerprint density at radius 2 is 1.78 bits per heavy atom. The molecule has 0 aliphatic rings. The van der Waals surface area contributed by atoms with Gasteiger partial charge in [-0.05, 0) is 39.1 Å². The fourth-order valence-corrected chi connectivity index (χ4v) is 2.55. The van der Waals surface area contributed by atoms with Gasteiger partial charge in [0.2, 0.25) is 0 Å². The van der Waals surface area contributed by atoms with E-state index < -0.39 is 5.54 Å². The third kappa shape index (κ3) is 2.87. The Labute approximate surface area is 119 Å². The van der Waals surface area contributed by atoms with Gasteiger partial charge < -0.3 is 0 Å². The van der Waals surface area contributed by atoms with Crippen molar-refractivity contribution < 1.29 is 4.79 Å². The second kappa shape index (κ2) is 6.05. The number of rotatable bonds is 5. The quantitative estimate of drug-likeness (QED) is 0.753. The van der Waals surface area contributed by atoms with Gasteiger partial charge in [-0.25, -0.2) is 0 Å². The summed E-state index contributed by atoms with van der Waals surface area (Å²) in [4.78, 5) is 14.7. The van der Waals surface area contributed by atoms with Crippen molar-refractivity contribution in [3.8, 4) is 0 Å². The topological polar surface area (TPSA) is 20.3 Å². The number of ketones is 1. The summed E-state index contributed by atoms with van der Waals surface area (Å²) in [7, 11) is 0. The predicted octanol–water partition coefficient (Wildman–Crippen LogP) is 4.30. The van der Waals surface area contributed by atoms with Crippen molar-refractivity contribution in [3.63, 3.8) is 0 Å². The first-order valence-electron chi connectivity index (χ1n) is 6.10. The molecule has 0 saturated carbocycles. The van der Waals surface area contributed by atoms with Crippen molar-refractivity contribution in [2.75, 3.05) is 13.1 Å². The SMILES string of the molecule is CCN(CC)C(C)(C)C(=O)c1cccc(Cl)c1Cl. The monoisotopic (exact) mass is 287 g/mol. The van der Waals surface area contributed by atoms with E-state index in [1.165, 1.54) is 0 Å². The van der Waals surface area contributed by atoms with Crippen molar-refractivity contribution >= 4 is 29.0 Å². The maximum Gasteiger partial charge on any atom is 0.184 e. The molecule has 2 nitrogen and oxygen atoms in total. The van der Waals surface area contributed by atoms with Crippen LogP contribution >= 0.6 is 23.2 Å². The summed E-state index contributed by atoms with van der Waals surface area (Å²) >= 11 is 12.1. The van der Waals surface area contributed by atoms with Crippen LogP contribution in [0.4, 0.5) is 0 Å². The van der Waals surface area contributed by atoms with Gasteiger partial charge in [-0.1, -0.05) is 43.1 Å². The first-order valence-corrected chi connectivity index (χ1v) is 6.85. The van der Waals surface area contributed by atoms with Crippen LogP contribution in [0.1, 0.15) is 38.1 Å². The minimum atomic E-state index is -0.585. The lowest BCUT2D eigenvalue weighted by Crippen LogP contribution is -2.50. The van der Waals surface area contributed by atoms with Gasteiger partial charge in [-0.15, -0.1) is 0 Å². The van der Waals surface area contributed by atoms with Crippen LogP contribution in [-0.4, -0.2) is 29.3 Å². The summed E-state index contributed by atoms with van der Waals surface area (Å²) in [5, 5.41) is 0.752. The number of likely N-dealkylation sites (N-methyl/N-ethyl adjacent to an activating group) is 1. The van der Waals surface area contributed by atoms with Crippen molar-refractivity contribution in [1.29, 1.82) is 0 Å². The number of nitrogens with zero attached hydrogens (tertiary/aromatic N) is 1. The van der Waals surface area contributed by atoms with Crippen LogP contribution in [0.2, 0.25) is 10.0 Å². The average molecular weight is 288 g/mol. The number of carbonyl (C=O) groups is 1. The minimum absolute atomic E-state index is 0.00120. The molecule has 1 aromatic rings. The van der Waals surface area contributed by atoms with E-state index >= 15 is 0 Å². The highest BCUT2D eigenvalue weighted by Crippen LogP contribution is 2.30. The number of Topliss-reactive ketones (excluding diaryl/α,β-unsaturated/α-hetero) is 1. The smallest absolute Gasteiger partial charge is 0.184 e. The lowest BCUT2D eigenvalue weighted by Gasteiger charge is -2.36. The zero-order chi connectivity index (χ0) is 13.9. The molecule has 0 fully saturated rings. The van der Waals surface area contributed by atoms with Crippen molar-refractivity contribution in [1.82, 2.24) is 4.90 Å². The molecular formula is C14H19Cl2NO. The van der Waals surface area contributed by atoms with Crippen LogP contribution < -0.4 is 0 Å². The third-order valence-corrected chi connectivity index (χ3v) is 4.12. The molecule has 0 N–H and O–H groups in total. The summed E-state index contributed by atoms with van der Waals surface area (Å²) in [5.41, 5.74) is -0.0984. The Morgan fingerprint density at radius 3 is 2.28 bits per heavy atom. The molecule has 1 aromatic carbocycles. The highest BCUT2D eigenvalue weighted by Gasteiger charge is 2.34. The maximum atomic E-state index is 12.6. The highest BCUT2D eigenvalue weighted by molar-refractivity contribution is 6.44. The summed E-state index contributed by atoms with van der Waals surface area (Å²) in [6.45, 7) is 9.54. The van der Waals surface area contributed by atoms with Crippen molar-refractivity contribution in [2.45, 2.75) is 33.2 Å². The molecule has 0 aliphatic heterocycles. The minimum Gasteiger partial charge on any atom is -0.292 e. The second-order valence-electron chi connectivity index (χ2n) is 4.66. The molecule has 1 rings (SSSR count). The van der Waals surface area contributed by atoms with Gasteiger partial charge in [0.1, 0.15) is 0 Å². The Hall–Kier alpha value is -0.570. The van der Waals surface area contributed by atoms with E-state index in [0.717, 1.165) is 13.1 Å². The third-order valence-electron chi connectivity index (χ3n) is 3.31. The van der Waals surface area contributed by atoms with E-state index in [-0.39, 0.29) is 5.78 Å². The zero-order valence-corrected chi connectivity index (χ0v) is 12.8. The van der Waals surface area contributed by atoms with E-state index in [1.807, 2.05) is 27.7 Å². The zero-order valence-electron chi connectivity index (χ0n) is 11.3. The average Bonchev–Trinajstić information content (AvgIpc) is 2.33. The van der Waals surface area contributed by atoms with E-state index in [2.05, 4.69) is 4.90 Å². The van der Waals surface area contributed by atoms with Crippen LogP contribution in [0.5, 0.6) is 0 Å². The van der Waals surface area contributed by atoms with Crippen LogP contribution in [0.3, 0.4) is 0 Å². The van der Waals surface area contributed by atoms with E-state index in [4.69, 9.17) is 23.2 Å². The fourth-order valence-electron chi connectivity index (χ4n) is 2.17. The number of benzene rings is 1. The first kappa shape index (κ1) is 15.5. The maximum absolute atomic E-state index is 12.6. The summed E-state index contributed by atoms with van der Waals surface area (Å²) in [5.74, 6) is -0.00120.